The molecule has 0 atom stereocenters. The molecule has 82 valence electrons. The molecule has 4 nitrogen and oxygen atoms in total. The van der Waals surface area contributed by atoms with Crippen molar-refractivity contribution in [3.05, 3.63) is 18.3 Å². The molecule has 1 heterocycles. The Hall–Kier alpha value is -1.29. The Morgan fingerprint density at radius 3 is 2.67 bits per heavy atom. The highest BCUT2D eigenvalue weighted by Gasteiger charge is 2.20. The molecule has 0 saturated heterocycles. The van der Waals surface area contributed by atoms with Gasteiger partial charge < -0.3 is 16.2 Å². The fourth-order valence-corrected chi connectivity index (χ4v) is 1.87. The lowest BCUT2D eigenvalue weighted by atomic mass is 9.94. The van der Waals surface area contributed by atoms with Crippen LogP contribution in [0.25, 0.3) is 0 Å². The van der Waals surface area contributed by atoms with Crippen molar-refractivity contribution in [2.45, 2.75) is 37.8 Å². The van der Waals surface area contributed by atoms with Gasteiger partial charge in [-0.05, 0) is 37.8 Å². The average molecular weight is 207 g/mol. The molecule has 0 bridgehead atoms. The van der Waals surface area contributed by atoms with E-state index in [1.165, 1.54) is 0 Å². The molecule has 1 saturated carbocycles. The van der Waals surface area contributed by atoms with E-state index in [-0.39, 0.29) is 6.10 Å². The van der Waals surface area contributed by atoms with Gasteiger partial charge in [-0.1, -0.05) is 0 Å². The first-order valence-electron chi connectivity index (χ1n) is 5.38. The minimum atomic E-state index is 0.224. The number of aromatic nitrogens is 1. The molecule has 15 heavy (non-hydrogen) atoms. The van der Waals surface area contributed by atoms with Crippen LogP contribution < -0.4 is 16.2 Å². The monoisotopic (exact) mass is 207 g/mol. The second kappa shape index (κ2) is 4.49. The van der Waals surface area contributed by atoms with E-state index < -0.39 is 0 Å². The first-order chi connectivity index (χ1) is 7.25. The number of nitrogens with zero attached hydrogens (tertiary/aromatic N) is 1. The van der Waals surface area contributed by atoms with Crippen LogP contribution in [0.15, 0.2) is 18.3 Å². The smallest absolute Gasteiger partial charge is 0.237 e. The van der Waals surface area contributed by atoms with Crippen LogP contribution in [-0.4, -0.2) is 17.1 Å². The van der Waals surface area contributed by atoms with Crippen LogP contribution in [0.4, 0.5) is 5.69 Å². The van der Waals surface area contributed by atoms with Crippen LogP contribution in [0, 0.1) is 0 Å². The van der Waals surface area contributed by atoms with Crippen molar-refractivity contribution in [2.75, 3.05) is 5.73 Å². The summed E-state index contributed by atoms with van der Waals surface area (Å²) in [7, 11) is 0. The SMILES string of the molecule is Nc1cccnc1OC1CCC(N)CC1. The maximum atomic E-state index is 5.82. The van der Waals surface area contributed by atoms with Crippen LogP contribution in [0.1, 0.15) is 25.7 Å². The molecule has 0 radical (unpaired) electrons. The lowest BCUT2D eigenvalue weighted by Crippen LogP contribution is -2.31. The predicted octanol–water partition coefficient (Wildman–Crippen LogP) is 1.31. The molecule has 1 aromatic rings. The molecule has 4 heteroatoms. The molecule has 0 spiro atoms. The summed E-state index contributed by atoms with van der Waals surface area (Å²) in [5, 5.41) is 0. The summed E-state index contributed by atoms with van der Waals surface area (Å²) in [4.78, 5) is 4.11. The molecule has 0 aliphatic heterocycles. The maximum absolute atomic E-state index is 5.82. The fraction of sp³-hybridized carbons (Fsp3) is 0.545. The van der Waals surface area contributed by atoms with Gasteiger partial charge in [-0.3, -0.25) is 0 Å². The van der Waals surface area contributed by atoms with Gasteiger partial charge in [-0.15, -0.1) is 0 Å². The maximum Gasteiger partial charge on any atom is 0.237 e. The van der Waals surface area contributed by atoms with Crippen molar-refractivity contribution < 1.29 is 4.74 Å². The average Bonchev–Trinajstić information content (AvgIpc) is 2.25. The summed E-state index contributed by atoms with van der Waals surface area (Å²) in [6.07, 6.45) is 5.96. The number of rotatable bonds is 2. The van der Waals surface area contributed by atoms with Crippen LogP contribution in [0.2, 0.25) is 0 Å². The van der Waals surface area contributed by atoms with Crippen LogP contribution >= 0.6 is 0 Å². The van der Waals surface area contributed by atoms with Crippen molar-refractivity contribution in [2.24, 2.45) is 5.73 Å². The Labute approximate surface area is 89.6 Å². The Balaban J connectivity index is 1.95. The first-order valence-corrected chi connectivity index (χ1v) is 5.38. The molecule has 1 aliphatic rings. The Bertz CT molecular complexity index is 321. The number of ether oxygens (including phenoxy) is 1. The third-order valence-corrected chi connectivity index (χ3v) is 2.80. The van der Waals surface area contributed by atoms with E-state index in [9.17, 15) is 0 Å². The van der Waals surface area contributed by atoms with Crippen molar-refractivity contribution in [3.63, 3.8) is 0 Å². The summed E-state index contributed by atoms with van der Waals surface area (Å²) in [5.74, 6) is 0.554. The lowest BCUT2D eigenvalue weighted by Gasteiger charge is -2.26. The normalized spacial score (nSPS) is 26.2. The summed E-state index contributed by atoms with van der Waals surface area (Å²) in [5.41, 5.74) is 12.2. The molecule has 0 aromatic carbocycles. The number of hydrogen-bond donors (Lipinski definition) is 2. The van der Waals surface area contributed by atoms with Gasteiger partial charge in [0.2, 0.25) is 5.88 Å². The van der Waals surface area contributed by atoms with Gasteiger partial charge >= 0.3 is 0 Å². The first kappa shape index (κ1) is 10.2. The van der Waals surface area contributed by atoms with Gasteiger partial charge in [0.25, 0.3) is 0 Å². The third-order valence-electron chi connectivity index (χ3n) is 2.80. The summed E-state index contributed by atoms with van der Waals surface area (Å²) >= 11 is 0. The van der Waals surface area contributed by atoms with Crippen LogP contribution in [0.3, 0.4) is 0 Å². The standard InChI is InChI=1S/C11H17N3O/c12-8-3-5-9(6-4-8)15-11-10(13)2-1-7-14-11/h1-2,7-9H,3-6,12-13H2. The van der Waals surface area contributed by atoms with Crippen molar-refractivity contribution >= 4 is 5.69 Å². The Kier molecular flexibility index (Phi) is 3.06. The van der Waals surface area contributed by atoms with E-state index in [1.807, 2.05) is 0 Å². The molecule has 0 amide bonds. The zero-order valence-electron chi connectivity index (χ0n) is 8.73. The number of anilines is 1. The highest BCUT2D eigenvalue weighted by Crippen LogP contribution is 2.24. The van der Waals surface area contributed by atoms with Gasteiger partial charge in [-0.25, -0.2) is 4.98 Å². The molecule has 0 unspecified atom stereocenters. The largest absolute Gasteiger partial charge is 0.473 e. The number of nitrogen functional groups attached to an aromatic ring is 1. The van der Waals surface area contributed by atoms with E-state index in [0.717, 1.165) is 25.7 Å². The van der Waals surface area contributed by atoms with Crippen molar-refractivity contribution in [1.82, 2.24) is 4.98 Å². The summed E-state index contributed by atoms with van der Waals surface area (Å²) in [6.45, 7) is 0. The highest BCUT2D eigenvalue weighted by molar-refractivity contribution is 5.46. The summed E-state index contributed by atoms with van der Waals surface area (Å²) < 4.78 is 5.74. The quantitative estimate of drug-likeness (QED) is 0.766. The minimum absolute atomic E-state index is 0.224. The van der Waals surface area contributed by atoms with E-state index >= 15 is 0 Å². The molecule has 1 aromatic heterocycles. The predicted molar refractivity (Wildman–Crippen MR) is 59.5 cm³/mol. The van der Waals surface area contributed by atoms with Gasteiger partial charge in [0.15, 0.2) is 0 Å². The molecule has 2 rings (SSSR count). The zero-order valence-corrected chi connectivity index (χ0v) is 8.73. The van der Waals surface area contributed by atoms with E-state index in [1.54, 1.807) is 18.3 Å². The lowest BCUT2D eigenvalue weighted by molar-refractivity contribution is 0.142. The van der Waals surface area contributed by atoms with E-state index in [4.69, 9.17) is 16.2 Å². The van der Waals surface area contributed by atoms with Gasteiger partial charge in [0, 0.05) is 12.2 Å². The zero-order chi connectivity index (χ0) is 10.7. The molecular formula is C11H17N3O. The van der Waals surface area contributed by atoms with E-state index in [0.29, 0.717) is 17.6 Å². The van der Waals surface area contributed by atoms with E-state index in [2.05, 4.69) is 4.98 Å². The van der Waals surface area contributed by atoms with Crippen molar-refractivity contribution in [3.8, 4) is 5.88 Å². The number of pyridine rings is 1. The molecule has 4 N–H and O–H groups in total. The van der Waals surface area contributed by atoms with Crippen LogP contribution in [-0.2, 0) is 0 Å². The Morgan fingerprint density at radius 1 is 1.27 bits per heavy atom. The number of nitrogens with two attached hydrogens (primary N) is 2. The number of hydrogen-bond acceptors (Lipinski definition) is 4. The summed E-state index contributed by atoms with van der Waals surface area (Å²) in [6, 6.07) is 3.95. The minimum Gasteiger partial charge on any atom is -0.473 e. The fourth-order valence-electron chi connectivity index (χ4n) is 1.87. The second-order valence-corrected chi connectivity index (χ2v) is 4.05. The molecule has 1 fully saturated rings. The topological polar surface area (TPSA) is 74.2 Å². The van der Waals surface area contributed by atoms with Gasteiger partial charge in [-0.2, -0.15) is 0 Å². The Morgan fingerprint density at radius 2 is 2.00 bits per heavy atom. The van der Waals surface area contributed by atoms with Crippen LogP contribution in [0.5, 0.6) is 5.88 Å². The van der Waals surface area contributed by atoms with Gasteiger partial charge in [0.05, 0.1) is 5.69 Å². The molecule has 1 aliphatic carbocycles. The second-order valence-electron chi connectivity index (χ2n) is 4.05. The molecular weight excluding hydrogens is 190 g/mol. The highest BCUT2D eigenvalue weighted by atomic mass is 16.5. The van der Waals surface area contributed by atoms with Crippen molar-refractivity contribution in [1.29, 1.82) is 0 Å². The third kappa shape index (κ3) is 2.59. The van der Waals surface area contributed by atoms with Gasteiger partial charge in [0.1, 0.15) is 6.10 Å².